The molecule has 1 amide bonds. The maximum Gasteiger partial charge on any atom is 0.303 e. The number of carbonyl (C=O) groups excluding carboxylic acids is 1. The topological polar surface area (TPSA) is 92.2 Å². The summed E-state index contributed by atoms with van der Waals surface area (Å²) in [6.45, 7) is 11.0. The van der Waals surface area contributed by atoms with Gasteiger partial charge in [0.15, 0.2) is 0 Å². The van der Waals surface area contributed by atoms with Gasteiger partial charge in [0.1, 0.15) is 6.67 Å². The number of hydrogen-bond acceptors (Lipinski definition) is 4. The number of aromatic nitrogens is 2. The van der Waals surface area contributed by atoms with E-state index in [-0.39, 0.29) is 30.4 Å². The third-order valence-corrected chi connectivity index (χ3v) is 5.96. The number of allylic oxidation sites excluding steroid dienone is 6. The van der Waals surface area contributed by atoms with Gasteiger partial charge in [-0.25, -0.2) is 13.2 Å². The van der Waals surface area contributed by atoms with Crippen molar-refractivity contribution >= 4 is 11.9 Å². The number of carboxylic acids is 1. The Balaban J connectivity index is 0. The summed E-state index contributed by atoms with van der Waals surface area (Å²) in [6.07, 6.45) is 19.5. The van der Waals surface area contributed by atoms with Gasteiger partial charge >= 0.3 is 5.97 Å². The first-order chi connectivity index (χ1) is 22.6. The van der Waals surface area contributed by atoms with E-state index in [0.717, 1.165) is 18.4 Å². The predicted molar refractivity (Wildman–Crippen MR) is 188 cm³/mol. The van der Waals surface area contributed by atoms with Crippen molar-refractivity contribution in [2.24, 2.45) is 0 Å². The monoisotopic (exact) mass is 657 g/mol. The highest BCUT2D eigenvalue weighted by molar-refractivity contribution is 5.94. The minimum atomic E-state index is -2.58. The van der Waals surface area contributed by atoms with Gasteiger partial charge in [0.25, 0.3) is 12.3 Å². The average Bonchev–Trinajstić information content (AvgIpc) is 3.02. The number of aliphatic carboxylic acids is 1. The van der Waals surface area contributed by atoms with Crippen molar-refractivity contribution in [1.29, 1.82) is 0 Å². The molecular weight excluding hydrogens is 603 g/mol. The molecule has 260 valence electrons. The van der Waals surface area contributed by atoms with Crippen molar-refractivity contribution in [1.82, 2.24) is 15.3 Å². The van der Waals surface area contributed by atoms with Crippen LogP contribution >= 0.6 is 0 Å². The van der Waals surface area contributed by atoms with Crippen molar-refractivity contribution in [3.8, 4) is 12.3 Å². The van der Waals surface area contributed by atoms with Crippen LogP contribution in [0.5, 0.6) is 0 Å². The molecule has 2 N–H and O–H groups in total. The van der Waals surface area contributed by atoms with E-state index < -0.39 is 19.1 Å². The molecule has 1 aromatic heterocycles. The van der Waals surface area contributed by atoms with E-state index in [0.29, 0.717) is 42.6 Å². The molecule has 0 aliphatic carbocycles. The zero-order valence-corrected chi connectivity index (χ0v) is 28.9. The summed E-state index contributed by atoms with van der Waals surface area (Å²) in [5, 5.41) is 11.9. The Morgan fingerprint density at radius 3 is 2.21 bits per heavy atom. The predicted octanol–water partition coefficient (Wildman–Crippen LogP) is 9.52. The van der Waals surface area contributed by atoms with Crippen LogP contribution in [-0.4, -0.2) is 46.1 Å². The molecule has 0 aliphatic heterocycles. The van der Waals surface area contributed by atoms with Gasteiger partial charge in [-0.2, -0.15) is 0 Å². The van der Waals surface area contributed by atoms with Gasteiger partial charge in [0, 0.05) is 36.4 Å². The molecule has 6 nitrogen and oxygen atoms in total. The molecule has 0 bridgehead atoms. The fraction of sp³-hybridized carbons (Fsp3) is 0.474. The number of alkyl halides is 3. The molecule has 0 fully saturated rings. The van der Waals surface area contributed by atoms with Crippen LogP contribution in [0.15, 0.2) is 78.2 Å². The molecule has 9 heteroatoms. The molecule has 1 unspecified atom stereocenters. The largest absolute Gasteiger partial charge is 0.481 e. The van der Waals surface area contributed by atoms with Crippen molar-refractivity contribution in [2.45, 2.75) is 112 Å². The summed E-state index contributed by atoms with van der Waals surface area (Å²) in [7, 11) is 0. The number of hydrogen-bond donors (Lipinski definition) is 2. The molecule has 0 radical (unpaired) electrons. The normalized spacial score (nSPS) is 11.9. The highest BCUT2D eigenvalue weighted by Gasteiger charge is 2.12. The first kappa shape index (κ1) is 44.9. The van der Waals surface area contributed by atoms with Gasteiger partial charge in [0.2, 0.25) is 0 Å². The lowest BCUT2D eigenvalue weighted by atomic mass is 10.1. The van der Waals surface area contributed by atoms with Gasteiger partial charge in [-0.1, -0.05) is 77.0 Å². The quantitative estimate of drug-likeness (QED) is 0.0989. The molecule has 0 saturated carbocycles. The third-order valence-electron chi connectivity index (χ3n) is 5.96. The van der Waals surface area contributed by atoms with E-state index in [1.807, 2.05) is 26.8 Å². The van der Waals surface area contributed by atoms with Crippen LogP contribution in [0.3, 0.4) is 0 Å². The van der Waals surface area contributed by atoms with E-state index in [4.69, 9.17) is 5.11 Å². The lowest BCUT2D eigenvalue weighted by Crippen LogP contribution is -2.33. The number of carbonyl (C=O) groups is 2. The Morgan fingerprint density at radius 2 is 1.64 bits per heavy atom. The van der Waals surface area contributed by atoms with Gasteiger partial charge in [-0.15, -0.1) is 12.3 Å². The van der Waals surface area contributed by atoms with Crippen molar-refractivity contribution < 1.29 is 27.9 Å². The fourth-order valence-corrected chi connectivity index (χ4v) is 3.81. The van der Waals surface area contributed by atoms with Crippen LogP contribution in [0.2, 0.25) is 0 Å². The minimum Gasteiger partial charge on any atom is -0.481 e. The molecule has 0 aromatic carbocycles. The Labute approximate surface area is 280 Å². The summed E-state index contributed by atoms with van der Waals surface area (Å²) in [6, 6.07) is 4.41. The van der Waals surface area contributed by atoms with Crippen molar-refractivity contribution in [3.63, 3.8) is 0 Å². The molecule has 0 saturated heterocycles. The smallest absolute Gasteiger partial charge is 0.303 e. The van der Waals surface area contributed by atoms with E-state index in [1.165, 1.54) is 37.0 Å². The summed E-state index contributed by atoms with van der Waals surface area (Å²) < 4.78 is 39.4. The Bertz CT molecular complexity index is 1250. The molecule has 1 aromatic rings. The van der Waals surface area contributed by atoms with E-state index >= 15 is 0 Å². The fourth-order valence-electron chi connectivity index (χ4n) is 3.81. The summed E-state index contributed by atoms with van der Waals surface area (Å²) in [5.74, 6) is 1.02. The number of nitrogens with zero attached hydrogens (tertiary/aromatic N) is 2. The number of amides is 1. The zero-order chi connectivity index (χ0) is 35.9. The molecule has 1 atom stereocenters. The van der Waals surface area contributed by atoms with Gasteiger partial charge in [-0.3, -0.25) is 19.6 Å². The number of aryl methyl sites for hydroxylation is 1. The molecule has 0 spiro atoms. The SMILES string of the molecule is C#CC.CC/C=C(\C=C/CF)C(C)NC(=O)c1cccnc(C/C=C\C(=C/CCC)C(F)F)c(CCCCC(=O)O)ncc1.CCC. The lowest BCUT2D eigenvalue weighted by molar-refractivity contribution is -0.137. The summed E-state index contributed by atoms with van der Waals surface area (Å²) in [5.41, 5.74) is 2.21. The number of halogens is 3. The van der Waals surface area contributed by atoms with Crippen LogP contribution in [0, 0.1) is 12.3 Å². The van der Waals surface area contributed by atoms with Crippen LogP contribution in [0.25, 0.3) is 0 Å². The molecular formula is C38H54F3N3O3. The second kappa shape index (κ2) is 30.5. The first-order valence-electron chi connectivity index (χ1n) is 16.2. The Kier molecular flexibility index (Phi) is 29.1. The molecule has 1 heterocycles. The van der Waals surface area contributed by atoms with Crippen LogP contribution in [-0.2, 0) is 17.6 Å². The van der Waals surface area contributed by atoms with Gasteiger partial charge in [0.05, 0.1) is 17.4 Å². The number of rotatable bonds is 17. The minimum absolute atomic E-state index is 0.0234. The number of terminal acetylenes is 1. The molecule has 0 aliphatic rings. The second-order valence-corrected chi connectivity index (χ2v) is 10.3. The number of unbranched alkanes of at least 4 members (excludes halogenated alkanes) is 2. The lowest BCUT2D eigenvalue weighted by Gasteiger charge is -2.15. The van der Waals surface area contributed by atoms with E-state index in [9.17, 15) is 22.8 Å². The highest BCUT2D eigenvalue weighted by Crippen LogP contribution is 2.14. The maximum atomic E-state index is 13.4. The summed E-state index contributed by atoms with van der Waals surface area (Å²) >= 11 is 0. The van der Waals surface area contributed by atoms with E-state index in [1.54, 1.807) is 37.3 Å². The molecule has 1 rings (SSSR count). The average molecular weight is 658 g/mol. The second-order valence-electron chi connectivity index (χ2n) is 10.3. The van der Waals surface area contributed by atoms with Crippen LogP contribution in [0.1, 0.15) is 108 Å². The van der Waals surface area contributed by atoms with Crippen LogP contribution < -0.4 is 5.32 Å². The van der Waals surface area contributed by atoms with Crippen molar-refractivity contribution in [3.05, 3.63) is 95.1 Å². The third kappa shape index (κ3) is 23.8. The highest BCUT2D eigenvalue weighted by atomic mass is 19.3. The molecule has 47 heavy (non-hydrogen) atoms. The Hall–Kier alpha value is -4.19. The van der Waals surface area contributed by atoms with Crippen molar-refractivity contribution in [2.75, 3.05) is 6.67 Å². The maximum absolute atomic E-state index is 13.4. The van der Waals surface area contributed by atoms with Gasteiger partial charge < -0.3 is 10.4 Å². The Morgan fingerprint density at radius 1 is 1.00 bits per heavy atom. The first-order valence-corrected chi connectivity index (χ1v) is 16.2. The van der Waals surface area contributed by atoms with Crippen LogP contribution in [0.4, 0.5) is 13.2 Å². The van der Waals surface area contributed by atoms with Gasteiger partial charge in [-0.05, 0) is 69.7 Å². The summed E-state index contributed by atoms with van der Waals surface area (Å²) in [4.78, 5) is 32.9. The standard InChI is InChI=1S/C32H42F3N3O3.C3H8.C3H4/c1-4-6-13-26(31(34)35)14-9-18-29-28(17-7-8-19-30(39)40)37-23-20-27(16-11-22-36-29)32(41)38-24(3)25(12-5-2)15-10-21-33;2*1-3-2/h9-16,20,22-24,31H,4-8,17-19,21H2,1-3H3,(H,38,41)(H,39,40);3H2,1-2H3;1H,2H3/b14-9-,15-10-,16-11?,22-11?,23-20?,25-12+,26-13+,27-16?,27-20?,29-28?,36-22?,36-29?,37-23?,37-28?;;. The number of carboxylic acid groups (broad SMARTS) is 1. The zero-order valence-electron chi connectivity index (χ0n) is 28.9. The van der Waals surface area contributed by atoms with E-state index in [2.05, 4.69) is 41.5 Å². The number of nitrogens with one attached hydrogen (secondary N) is 1.